The van der Waals surface area contributed by atoms with Crippen molar-refractivity contribution in [2.45, 2.75) is 26.2 Å². The summed E-state index contributed by atoms with van der Waals surface area (Å²) < 4.78 is 0. The first-order chi connectivity index (χ1) is 4.87. The Bertz CT molecular complexity index is 216. The van der Waals surface area contributed by atoms with Gasteiger partial charge in [-0.25, -0.2) is 0 Å². The Morgan fingerprint density at radius 3 is 2.50 bits per heavy atom. The van der Waals surface area contributed by atoms with E-state index in [-0.39, 0.29) is 0 Å². The second kappa shape index (κ2) is 1.00. The van der Waals surface area contributed by atoms with E-state index in [0.717, 1.165) is 11.3 Å². The van der Waals surface area contributed by atoms with Crippen LogP contribution in [0, 0.1) is 35.0 Å². The molecule has 5 unspecified atom stereocenters. The van der Waals surface area contributed by atoms with Crippen molar-refractivity contribution in [3.8, 4) is 0 Å². The number of rotatable bonds is 0. The van der Waals surface area contributed by atoms with Gasteiger partial charge in [0.2, 0.25) is 0 Å². The molecule has 0 aromatic heterocycles. The minimum absolute atomic E-state index is 1.03. The highest BCUT2D eigenvalue weighted by Gasteiger charge is 2.89. The number of fused-ring (bicyclic) bond motifs is 2. The van der Waals surface area contributed by atoms with E-state index in [4.69, 9.17) is 0 Å². The molecule has 0 radical (unpaired) electrons. The van der Waals surface area contributed by atoms with Crippen LogP contribution in [0.1, 0.15) is 26.2 Å². The summed E-state index contributed by atoms with van der Waals surface area (Å²) in [5.41, 5.74) is 1.03. The fourth-order valence-corrected chi connectivity index (χ4v) is 5.21. The van der Waals surface area contributed by atoms with Crippen LogP contribution in [0.5, 0.6) is 0 Å². The lowest BCUT2D eigenvalue weighted by Gasteiger charge is -2.12. The molecule has 0 bridgehead atoms. The van der Waals surface area contributed by atoms with E-state index in [0.29, 0.717) is 0 Å². The molecule has 0 nitrogen and oxygen atoms in total. The number of hydrogen-bond donors (Lipinski definition) is 0. The molecule has 0 amide bonds. The smallest absolute Gasteiger partial charge is 0.0170 e. The van der Waals surface area contributed by atoms with Crippen molar-refractivity contribution in [2.75, 3.05) is 0 Å². The molecule has 4 fully saturated rings. The zero-order valence-corrected chi connectivity index (χ0v) is 6.51. The summed E-state index contributed by atoms with van der Waals surface area (Å²) in [6, 6.07) is 0. The van der Waals surface area contributed by atoms with Gasteiger partial charge in [-0.15, -0.1) is 0 Å². The first-order valence-corrected chi connectivity index (χ1v) is 4.87. The molecule has 4 saturated carbocycles. The molecule has 10 heavy (non-hydrogen) atoms. The predicted molar refractivity (Wildman–Crippen MR) is 39.4 cm³/mol. The molecule has 0 saturated heterocycles. The minimum Gasteiger partial charge on any atom is -0.0622 e. The van der Waals surface area contributed by atoms with Crippen LogP contribution in [-0.2, 0) is 0 Å². The molecule has 1 spiro atoms. The van der Waals surface area contributed by atoms with Crippen LogP contribution in [-0.4, -0.2) is 0 Å². The molecule has 0 aliphatic heterocycles. The lowest BCUT2D eigenvalue weighted by Crippen LogP contribution is -2.04. The Morgan fingerprint density at radius 2 is 1.90 bits per heavy atom. The largest absolute Gasteiger partial charge is 0.0622 e. The van der Waals surface area contributed by atoms with E-state index < -0.39 is 0 Å². The summed E-state index contributed by atoms with van der Waals surface area (Å²) >= 11 is 0. The van der Waals surface area contributed by atoms with Gasteiger partial charge in [0.15, 0.2) is 0 Å². The van der Waals surface area contributed by atoms with E-state index in [2.05, 4.69) is 6.92 Å². The highest BCUT2D eigenvalue weighted by molar-refractivity contribution is 5.37. The average Bonchev–Trinajstić information content (AvgIpc) is 2.61. The molecule has 4 aliphatic rings. The molecule has 6 atom stereocenters. The first kappa shape index (κ1) is 4.79. The quantitative estimate of drug-likeness (QED) is 0.477. The molecule has 0 aromatic rings. The van der Waals surface area contributed by atoms with Crippen LogP contribution in [0.2, 0.25) is 0 Å². The van der Waals surface area contributed by atoms with Crippen LogP contribution < -0.4 is 0 Å². The lowest BCUT2D eigenvalue weighted by molar-refractivity contribution is 0.373. The van der Waals surface area contributed by atoms with Gasteiger partial charge in [-0.05, 0) is 54.3 Å². The van der Waals surface area contributed by atoms with E-state index in [9.17, 15) is 0 Å². The van der Waals surface area contributed by atoms with Gasteiger partial charge in [0.05, 0.1) is 0 Å². The van der Waals surface area contributed by atoms with Gasteiger partial charge >= 0.3 is 0 Å². The van der Waals surface area contributed by atoms with Crippen LogP contribution >= 0.6 is 0 Å². The fraction of sp³-hybridized carbons (Fsp3) is 1.00. The van der Waals surface area contributed by atoms with Crippen molar-refractivity contribution >= 4 is 0 Å². The third-order valence-electron chi connectivity index (χ3n) is 5.23. The molecule has 0 aromatic carbocycles. The SMILES string of the molecule is C[C@H]1CC2C3CCC4C1C324. The maximum atomic E-state index is 2.49. The Labute approximate surface area is 62.0 Å². The summed E-state index contributed by atoms with van der Waals surface area (Å²) in [5, 5.41) is 0. The first-order valence-electron chi connectivity index (χ1n) is 4.87. The minimum atomic E-state index is 1.03. The van der Waals surface area contributed by atoms with Crippen molar-refractivity contribution in [3.05, 3.63) is 0 Å². The second-order valence-corrected chi connectivity index (χ2v) is 5.14. The summed E-state index contributed by atoms with van der Waals surface area (Å²) in [6.45, 7) is 2.49. The van der Waals surface area contributed by atoms with Gasteiger partial charge in [0, 0.05) is 0 Å². The van der Waals surface area contributed by atoms with Gasteiger partial charge in [-0.1, -0.05) is 6.92 Å². The Balaban J connectivity index is 1.87. The summed E-state index contributed by atoms with van der Waals surface area (Å²) in [4.78, 5) is 0. The van der Waals surface area contributed by atoms with Gasteiger partial charge in [-0.3, -0.25) is 0 Å². The van der Waals surface area contributed by atoms with Crippen LogP contribution in [0.15, 0.2) is 0 Å². The molecular weight excluding hydrogens is 120 g/mol. The zero-order chi connectivity index (χ0) is 6.51. The number of hydrogen-bond acceptors (Lipinski definition) is 0. The normalized spacial score (nSPS) is 80.7. The molecule has 0 heterocycles. The highest BCUT2D eigenvalue weighted by atomic mass is 14.9. The van der Waals surface area contributed by atoms with Crippen molar-refractivity contribution in [3.63, 3.8) is 0 Å². The fourth-order valence-electron chi connectivity index (χ4n) is 5.21. The maximum Gasteiger partial charge on any atom is -0.0170 e. The Morgan fingerprint density at radius 1 is 1.10 bits per heavy atom. The van der Waals surface area contributed by atoms with E-state index in [1.165, 1.54) is 23.7 Å². The lowest BCUT2D eigenvalue weighted by atomic mass is 9.93. The predicted octanol–water partition coefficient (Wildman–Crippen LogP) is 2.30. The van der Waals surface area contributed by atoms with Crippen molar-refractivity contribution in [1.82, 2.24) is 0 Å². The second-order valence-electron chi connectivity index (χ2n) is 5.14. The Hall–Kier alpha value is 0. The van der Waals surface area contributed by atoms with Gasteiger partial charge in [0.25, 0.3) is 0 Å². The summed E-state index contributed by atoms with van der Waals surface area (Å²) in [5.74, 6) is 6.08. The maximum absolute atomic E-state index is 2.49. The van der Waals surface area contributed by atoms with Gasteiger partial charge < -0.3 is 0 Å². The molecule has 0 heteroatoms. The van der Waals surface area contributed by atoms with Crippen LogP contribution in [0.25, 0.3) is 0 Å². The molecular formula is C10H14. The van der Waals surface area contributed by atoms with Crippen LogP contribution in [0.3, 0.4) is 0 Å². The van der Waals surface area contributed by atoms with E-state index in [1.807, 2.05) is 0 Å². The molecule has 54 valence electrons. The molecule has 4 rings (SSSR count). The van der Waals surface area contributed by atoms with Crippen molar-refractivity contribution in [2.24, 2.45) is 35.0 Å². The molecule has 0 N–H and O–H groups in total. The highest BCUT2D eigenvalue weighted by Crippen LogP contribution is 2.94. The topological polar surface area (TPSA) is 0 Å². The standard InChI is InChI=1S/C10H14/c1-5-4-8-6-2-3-7-9(5)10(6,7)8/h5-9H,2-4H2,1H3/t5-,6?,7?,8?,9?,10?/m0/s1. The van der Waals surface area contributed by atoms with Crippen LogP contribution in [0.4, 0.5) is 0 Å². The summed E-state index contributed by atoms with van der Waals surface area (Å²) in [7, 11) is 0. The average molecular weight is 134 g/mol. The zero-order valence-electron chi connectivity index (χ0n) is 6.51. The monoisotopic (exact) mass is 134 g/mol. The molecule has 4 aliphatic carbocycles. The van der Waals surface area contributed by atoms with Crippen molar-refractivity contribution < 1.29 is 0 Å². The van der Waals surface area contributed by atoms with E-state index >= 15 is 0 Å². The Kier molecular flexibility index (Phi) is 0.479. The third kappa shape index (κ3) is 0.233. The van der Waals surface area contributed by atoms with Gasteiger partial charge in [0.1, 0.15) is 0 Å². The van der Waals surface area contributed by atoms with Gasteiger partial charge in [-0.2, -0.15) is 0 Å². The third-order valence-corrected chi connectivity index (χ3v) is 5.23. The van der Waals surface area contributed by atoms with E-state index in [1.54, 1.807) is 19.3 Å². The summed E-state index contributed by atoms with van der Waals surface area (Å²) in [6.07, 6.45) is 4.82. The van der Waals surface area contributed by atoms with Crippen molar-refractivity contribution in [1.29, 1.82) is 0 Å².